The second-order valence-corrected chi connectivity index (χ2v) is 8.44. The van der Waals surface area contributed by atoms with Crippen molar-refractivity contribution in [2.75, 3.05) is 13.1 Å². The van der Waals surface area contributed by atoms with Gasteiger partial charge in [0.2, 0.25) is 0 Å². The lowest BCUT2D eigenvalue weighted by Crippen LogP contribution is -2.57. The molecule has 1 aromatic rings. The zero-order chi connectivity index (χ0) is 14.8. The standard InChI is InChI=1S/C18H27IN2/c1-13(2)9-17-12-21(18(10-20-17)15-5-6-15)11-14-3-7-16(19)8-4-14/h3-4,7-8,13,15,17-18,20H,5-6,9-12H2,1-2H3. The Labute approximate surface area is 142 Å². The Morgan fingerprint density at radius 3 is 2.57 bits per heavy atom. The van der Waals surface area contributed by atoms with Crippen LogP contribution in [0.2, 0.25) is 0 Å². The molecule has 0 radical (unpaired) electrons. The van der Waals surface area contributed by atoms with Crippen LogP contribution < -0.4 is 5.32 Å². The molecule has 0 amide bonds. The summed E-state index contributed by atoms with van der Waals surface area (Å²) in [5, 5.41) is 3.80. The van der Waals surface area contributed by atoms with Gasteiger partial charge < -0.3 is 5.32 Å². The number of hydrogen-bond donors (Lipinski definition) is 1. The van der Waals surface area contributed by atoms with Crippen molar-refractivity contribution >= 4 is 22.6 Å². The van der Waals surface area contributed by atoms with Gasteiger partial charge in [0.05, 0.1) is 0 Å². The lowest BCUT2D eigenvalue weighted by molar-refractivity contribution is 0.100. The summed E-state index contributed by atoms with van der Waals surface area (Å²) in [5.74, 6) is 1.72. The molecule has 0 aromatic heterocycles. The first-order valence-corrected chi connectivity index (χ1v) is 9.41. The first-order valence-electron chi connectivity index (χ1n) is 8.33. The minimum absolute atomic E-state index is 0.670. The van der Waals surface area contributed by atoms with Crippen LogP contribution in [0.15, 0.2) is 24.3 Å². The van der Waals surface area contributed by atoms with E-state index >= 15 is 0 Å². The Hall–Kier alpha value is -0.130. The van der Waals surface area contributed by atoms with E-state index in [-0.39, 0.29) is 0 Å². The maximum absolute atomic E-state index is 3.80. The van der Waals surface area contributed by atoms with Gasteiger partial charge in [0.25, 0.3) is 0 Å². The zero-order valence-corrected chi connectivity index (χ0v) is 15.3. The van der Waals surface area contributed by atoms with E-state index in [1.54, 1.807) is 0 Å². The van der Waals surface area contributed by atoms with E-state index in [4.69, 9.17) is 0 Å². The highest BCUT2D eigenvalue weighted by molar-refractivity contribution is 14.1. The molecule has 3 rings (SSSR count). The normalized spacial score (nSPS) is 27.2. The number of benzene rings is 1. The van der Waals surface area contributed by atoms with Crippen molar-refractivity contribution in [3.63, 3.8) is 0 Å². The van der Waals surface area contributed by atoms with E-state index in [1.165, 1.54) is 41.5 Å². The highest BCUT2D eigenvalue weighted by atomic mass is 127. The van der Waals surface area contributed by atoms with Crippen molar-refractivity contribution in [1.82, 2.24) is 10.2 Å². The predicted molar refractivity (Wildman–Crippen MR) is 97.3 cm³/mol. The molecule has 2 unspecified atom stereocenters. The monoisotopic (exact) mass is 398 g/mol. The number of piperazine rings is 1. The van der Waals surface area contributed by atoms with E-state index in [2.05, 4.69) is 70.9 Å². The van der Waals surface area contributed by atoms with Crippen LogP contribution in [0, 0.1) is 15.4 Å². The molecule has 1 N–H and O–H groups in total. The van der Waals surface area contributed by atoms with E-state index < -0.39 is 0 Å². The molecule has 1 saturated carbocycles. The Kier molecular flexibility index (Phi) is 5.23. The molecule has 1 aromatic carbocycles. The summed E-state index contributed by atoms with van der Waals surface area (Å²) in [5.41, 5.74) is 1.46. The number of hydrogen-bond acceptors (Lipinski definition) is 2. The van der Waals surface area contributed by atoms with Crippen molar-refractivity contribution in [2.24, 2.45) is 11.8 Å². The minimum atomic E-state index is 0.670. The molecule has 21 heavy (non-hydrogen) atoms. The molecule has 0 bridgehead atoms. The second kappa shape index (κ2) is 6.97. The zero-order valence-electron chi connectivity index (χ0n) is 13.2. The average molecular weight is 398 g/mol. The first-order chi connectivity index (χ1) is 10.1. The molecule has 0 spiro atoms. The number of halogens is 1. The Morgan fingerprint density at radius 1 is 1.24 bits per heavy atom. The summed E-state index contributed by atoms with van der Waals surface area (Å²) in [6, 6.07) is 10.5. The van der Waals surface area contributed by atoms with Gasteiger partial charge in [-0.1, -0.05) is 26.0 Å². The molecule has 1 aliphatic heterocycles. The van der Waals surface area contributed by atoms with Crippen molar-refractivity contribution in [3.8, 4) is 0 Å². The number of rotatable bonds is 5. The van der Waals surface area contributed by atoms with Crippen LogP contribution in [0.3, 0.4) is 0 Å². The fourth-order valence-corrected chi connectivity index (χ4v) is 3.94. The maximum Gasteiger partial charge on any atom is 0.0253 e. The molecule has 116 valence electrons. The quantitative estimate of drug-likeness (QED) is 0.758. The summed E-state index contributed by atoms with van der Waals surface area (Å²) in [6.45, 7) is 8.18. The first kappa shape index (κ1) is 15.8. The van der Waals surface area contributed by atoms with Crippen LogP contribution in [0.25, 0.3) is 0 Å². The smallest absolute Gasteiger partial charge is 0.0253 e. The Balaban J connectivity index is 1.66. The van der Waals surface area contributed by atoms with Gasteiger partial charge in [-0.15, -0.1) is 0 Å². The highest BCUT2D eigenvalue weighted by Crippen LogP contribution is 2.37. The summed E-state index contributed by atoms with van der Waals surface area (Å²) in [7, 11) is 0. The van der Waals surface area contributed by atoms with Gasteiger partial charge in [-0.25, -0.2) is 0 Å². The highest BCUT2D eigenvalue weighted by Gasteiger charge is 2.38. The van der Waals surface area contributed by atoms with Crippen LogP contribution in [-0.4, -0.2) is 30.1 Å². The maximum atomic E-state index is 3.80. The van der Waals surface area contributed by atoms with Gasteiger partial charge in [0, 0.05) is 35.3 Å². The number of nitrogens with zero attached hydrogens (tertiary/aromatic N) is 1. The van der Waals surface area contributed by atoms with Gasteiger partial charge in [-0.05, 0) is 71.4 Å². The number of nitrogens with one attached hydrogen (secondary N) is 1. The molecule has 1 saturated heterocycles. The molecule has 2 nitrogen and oxygen atoms in total. The largest absolute Gasteiger partial charge is 0.311 e. The van der Waals surface area contributed by atoms with Crippen LogP contribution in [-0.2, 0) is 6.54 Å². The molecule has 1 heterocycles. The lowest BCUT2D eigenvalue weighted by atomic mass is 9.97. The minimum Gasteiger partial charge on any atom is -0.311 e. The van der Waals surface area contributed by atoms with Crippen molar-refractivity contribution < 1.29 is 0 Å². The summed E-state index contributed by atoms with van der Waals surface area (Å²) in [4.78, 5) is 2.75. The molecular weight excluding hydrogens is 371 g/mol. The van der Waals surface area contributed by atoms with Crippen LogP contribution in [0.1, 0.15) is 38.7 Å². The van der Waals surface area contributed by atoms with Crippen molar-refractivity contribution in [2.45, 2.75) is 51.7 Å². The Morgan fingerprint density at radius 2 is 1.95 bits per heavy atom. The molecule has 2 fully saturated rings. The van der Waals surface area contributed by atoms with E-state index in [0.717, 1.165) is 24.4 Å². The SMILES string of the molecule is CC(C)CC1CN(Cc2ccc(I)cc2)C(C2CC2)CN1. The lowest BCUT2D eigenvalue weighted by Gasteiger charge is -2.41. The van der Waals surface area contributed by atoms with Crippen molar-refractivity contribution in [1.29, 1.82) is 0 Å². The Bertz CT molecular complexity index is 453. The van der Waals surface area contributed by atoms with Gasteiger partial charge in [0.15, 0.2) is 0 Å². The fourth-order valence-electron chi connectivity index (χ4n) is 3.58. The summed E-state index contributed by atoms with van der Waals surface area (Å²) in [6.07, 6.45) is 4.16. The third kappa shape index (κ3) is 4.42. The van der Waals surface area contributed by atoms with Crippen LogP contribution in [0.5, 0.6) is 0 Å². The van der Waals surface area contributed by atoms with Crippen LogP contribution in [0.4, 0.5) is 0 Å². The average Bonchev–Trinajstić information content (AvgIpc) is 3.25. The second-order valence-electron chi connectivity index (χ2n) is 7.20. The van der Waals surface area contributed by atoms with Gasteiger partial charge in [-0.2, -0.15) is 0 Å². The van der Waals surface area contributed by atoms with E-state index in [9.17, 15) is 0 Å². The third-order valence-corrected chi connectivity index (χ3v) is 5.48. The topological polar surface area (TPSA) is 15.3 Å². The predicted octanol–water partition coefficient (Wildman–Crippen LogP) is 3.89. The van der Waals surface area contributed by atoms with E-state index in [0.29, 0.717) is 6.04 Å². The molecule has 2 aliphatic rings. The van der Waals surface area contributed by atoms with Gasteiger partial charge in [0.1, 0.15) is 0 Å². The van der Waals surface area contributed by atoms with Gasteiger partial charge in [-0.3, -0.25) is 4.90 Å². The molecule has 2 atom stereocenters. The molecule has 3 heteroatoms. The van der Waals surface area contributed by atoms with Crippen LogP contribution >= 0.6 is 22.6 Å². The van der Waals surface area contributed by atoms with Crippen molar-refractivity contribution in [3.05, 3.63) is 33.4 Å². The summed E-state index contributed by atoms with van der Waals surface area (Å²) < 4.78 is 1.33. The van der Waals surface area contributed by atoms with E-state index in [1.807, 2.05) is 0 Å². The molecular formula is C18H27IN2. The van der Waals surface area contributed by atoms with Gasteiger partial charge >= 0.3 is 0 Å². The molecule has 1 aliphatic carbocycles. The summed E-state index contributed by atoms with van der Waals surface area (Å²) >= 11 is 2.38. The fraction of sp³-hybridized carbons (Fsp3) is 0.667. The third-order valence-electron chi connectivity index (χ3n) is 4.76.